The van der Waals surface area contributed by atoms with Gasteiger partial charge < -0.3 is 0 Å². The summed E-state index contributed by atoms with van der Waals surface area (Å²) in [6.45, 7) is 4.34. The first kappa shape index (κ1) is 16.9. The van der Waals surface area contributed by atoms with Crippen molar-refractivity contribution in [2.75, 3.05) is 13.1 Å². The minimum atomic E-state index is -3.78. The quantitative estimate of drug-likeness (QED) is 0.890. The minimum Gasteiger partial charge on any atom is -0.225 e. The van der Waals surface area contributed by atoms with E-state index in [0.29, 0.717) is 23.9 Å². The Morgan fingerprint density at radius 2 is 1.32 bits per heavy atom. The predicted molar refractivity (Wildman–Crippen MR) is 85.4 cm³/mol. The zero-order chi connectivity index (χ0) is 16.5. The van der Waals surface area contributed by atoms with E-state index in [-0.39, 0.29) is 9.79 Å². The first-order valence-electron chi connectivity index (χ1n) is 6.77. The van der Waals surface area contributed by atoms with E-state index in [1.165, 1.54) is 28.6 Å². The van der Waals surface area contributed by atoms with E-state index in [9.17, 15) is 16.8 Å². The van der Waals surface area contributed by atoms with Crippen LogP contribution in [0.4, 0.5) is 0 Å². The van der Waals surface area contributed by atoms with Crippen molar-refractivity contribution >= 4 is 30.8 Å². The summed E-state index contributed by atoms with van der Waals surface area (Å²) in [5.41, 5.74) is 0. The van der Waals surface area contributed by atoms with Crippen molar-refractivity contribution in [3.63, 3.8) is 0 Å². The molecule has 22 heavy (non-hydrogen) atoms. The average Bonchev–Trinajstić information content (AvgIpc) is 2.46. The third-order valence-corrected chi connectivity index (χ3v) is 6.41. The molecule has 0 radical (unpaired) electrons. The van der Waals surface area contributed by atoms with Crippen molar-refractivity contribution in [1.82, 2.24) is 4.31 Å². The minimum absolute atomic E-state index is 0.000602. The van der Waals surface area contributed by atoms with Crippen molar-refractivity contribution in [3.8, 4) is 0 Å². The number of nitrogens with zero attached hydrogens (tertiary/aromatic N) is 1. The fraction of sp³-hybridized carbons (Fsp3) is 0.286. The van der Waals surface area contributed by atoms with Crippen LogP contribution in [0.5, 0.6) is 0 Å². The smallest absolute Gasteiger partial charge is 0.225 e. The zero-order valence-corrected chi connectivity index (χ0v) is 14.0. The van der Waals surface area contributed by atoms with Gasteiger partial charge in [-0.3, -0.25) is 0 Å². The largest absolute Gasteiger partial charge is 0.243 e. The van der Waals surface area contributed by atoms with E-state index in [2.05, 4.69) is 0 Å². The molecule has 0 aliphatic rings. The summed E-state index contributed by atoms with van der Waals surface area (Å²) in [6.07, 6.45) is 0. The summed E-state index contributed by atoms with van der Waals surface area (Å²) in [5, 5.41) is 6.35. The Hall–Kier alpha value is -1.48. The number of primary sulfonamides is 1. The van der Waals surface area contributed by atoms with Gasteiger partial charge in [0.1, 0.15) is 0 Å². The van der Waals surface area contributed by atoms with Gasteiger partial charge in [-0.1, -0.05) is 26.0 Å². The van der Waals surface area contributed by atoms with Crippen LogP contribution >= 0.6 is 0 Å². The maximum absolute atomic E-state index is 12.5. The van der Waals surface area contributed by atoms with Crippen LogP contribution in [0.25, 0.3) is 10.8 Å². The van der Waals surface area contributed by atoms with E-state index >= 15 is 0 Å². The average molecular weight is 342 g/mol. The van der Waals surface area contributed by atoms with E-state index in [1.54, 1.807) is 26.0 Å². The zero-order valence-electron chi connectivity index (χ0n) is 12.4. The molecule has 0 aromatic heterocycles. The van der Waals surface area contributed by atoms with Crippen LogP contribution in [0.3, 0.4) is 0 Å². The second-order valence-electron chi connectivity index (χ2n) is 4.81. The lowest BCUT2D eigenvalue weighted by atomic mass is 10.1. The molecule has 2 aromatic carbocycles. The molecular formula is C14H18N2O4S2. The fourth-order valence-corrected chi connectivity index (χ4v) is 4.29. The highest BCUT2D eigenvalue weighted by Gasteiger charge is 2.21. The Bertz CT molecular complexity index is 902. The molecule has 0 bridgehead atoms. The van der Waals surface area contributed by atoms with Crippen molar-refractivity contribution in [3.05, 3.63) is 36.4 Å². The summed E-state index contributed by atoms with van der Waals surface area (Å²) in [6, 6.07) is 8.94. The Kier molecular flexibility index (Phi) is 4.57. The molecule has 0 saturated carbocycles. The maximum Gasteiger partial charge on any atom is 0.243 e. The molecule has 0 spiro atoms. The van der Waals surface area contributed by atoms with E-state index in [0.717, 1.165) is 0 Å². The molecule has 0 amide bonds. The molecule has 2 aromatic rings. The number of rotatable bonds is 5. The highest BCUT2D eigenvalue weighted by molar-refractivity contribution is 7.89. The van der Waals surface area contributed by atoms with Crippen LogP contribution in [0.1, 0.15) is 13.8 Å². The lowest BCUT2D eigenvalue weighted by Gasteiger charge is -2.18. The molecule has 120 valence electrons. The highest BCUT2D eigenvalue weighted by atomic mass is 32.2. The van der Waals surface area contributed by atoms with Crippen molar-refractivity contribution in [2.24, 2.45) is 5.14 Å². The van der Waals surface area contributed by atoms with Crippen LogP contribution < -0.4 is 5.14 Å². The van der Waals surface area contributed by atoms with Gasteiger partial charge in [0.2, 0.25) is 20.0 Å². The van der Waals surface area contributed by atoms with Gasteiger partial charge in [0.25, 0.3) is 0 Å². The molecule has 2 N–H and O–H groups in total. The molecule has 0 aliphatic carbocycles. The normalized spacial score (nSPS) is 12.9. The van der Waals surface area contributed by atoms with Crippen LogP contribution in [-0.4, -0.2) is 34.2 Å². The number of hydrogen-bond donors (Lipinski definition) is 1. The molecule has 0 aliphatic heterocycles. The molecule has 0 atom stereocenters. The molecule has 0 heterocycles. The standard InChI is InChI=1S/C14H18N2O4S2/c1-3-16(4-2)22(19,20)14-8-6-11-9-13(21(15,17)18)7-5-12(11)10-14/h5-10H,3-4H2,1-2H3,(H2,15,17,18). The van der Waals surface area contributed by atoms with E-state index in [4.69, 9.17) is 5.14 Å². The summed E-state index contributed by atoms with van der Waals surface area (Å²) in [7, 11) is -7.32. The van der Waals surface area contributed by atoms with Gasteiger partial charge in [0, 0.05) is 13.1 Å². The number of sulfonamides is 2. The summed E-state index contributed by atoms with van der Waals surface area (Å²) in [5.74, 6) is 0. The molecule has 8 heteroatoms. The van der Waals surface area contributed by atoms with Crippen LogP contribution in [0.15, 0.2) is 46.2 Å². The third kappa shape index (κ3) is 3.14. The van der Waals surface area contributed by atoms with Gasteiger partial charge in [0.05, 0.1) is 9.79 Å². The van der Waals surface area contributed by atoms with Gasteiger partial charge in [0.15, 0.2) is 0 Å². The second kappa shape index (κ2) is 5.96. The molecule has 6 nitrogen and oxygen atoms in total. The summed E-state index contributed by atoms with van der Waals surface area (Å²) >= 11 is 0. The number of benzene rings is 2. The second-order valence-corrected chi connectivity index (χ2v) is 8.30. The topological polar surface area (TPSA) is 97.5 Å². The molecule has 2 rings (SSSR count). The van der Waals surface area contributed by atoms with Gasteiger partial charge in [-0.05, 0) is 35.0 Å². The van der Waals surface area contributed by atoms with Gasteiger partial charge >= 0.3 is 0 Å². The van der Waals surface area contributed by atoms with Crippen molar-refractivity contribution in [1.29, 1.82) is 0 Å². The highest BCUT2D eigenvalue weighted by Crippen LogP contribution is 2.24. The van der Waals surface area contributed by atoms with Crippen molar-refractivity contribution < 1.29 is 16.8 Å². The van der Waals surface area contributed by atoms with E-state index in [1.807, 2.05) is 0 Å². The summed E-state index contributed by atoms with van der Waals surface area (Å²) in [4.78, 5) is 0.186. The Morgan fingerprint density at radius 3 is 1.77 bits per heavy atom. The summed E-state index contributed by atoms with van der Waals surface area (Å²) < 4.78 is 49.0. The molecule has 0 saturated heterocycles. The molecule has 0 fully saturated rings. The lowest BCUT2D eigenvalue weighted by Crippen LogP contribution is -2.30. The van der Waals surface area contributed by atoms with Gasteiger partial charge in [-0.2, -0.15) is 4.31 Å². The predicted octanol–water partition coefficient (Wildman–Crippen LogP) is 1.52. The first-order chi connectivity index (χ1) is 10.2. The van der Waals surface area contributed by atoms with Gasteiger partial charge in [-0.25, -0.2) is 22.0 Å². The Morgan fingerprint density at radius 1 is 0.864 bits per heavy atom. The first-order valence-corrected chi connectivity index (χ1v) is 9.75. The Balaban J connectivity index is 2.57. The van der Waals surface area contributed by atoms with Gasteiger partial charge in [-0.15, -0.1) is 0 Å². The van der Waals surface area contributed by atoms with Crippen LogP contribution in [0, 0.1) is 0 Å². The van der Waals surface area contributed by atoms with Crippen LogP contribution in [0.2, 0.25) is 0 Å². The van der Waals surface area contributed by atoms with Crippen molar-refractivity contribution in [2.45, 2.75) is 23.6 Å². The molecule has 0 unspecified atom stereocenters. The maximum atomic E-state index is 12.5. The van der Waals surface area contributed by atoms with Crippen LogP contribution in [-0.2, 0) is 20.0 Å². The number of nitrogens with two attached hydrogens (primary N) is 1. The van der Waals surface area contributed by atoms with E-state index < -0.39 is 20.0 Å². The number of hydrogen-bond acceptors (Lipinski definition) is 4. The SMILES string of the molecule is CCN(CC)S(=O)(=O)c1ccc2cc(S(N)(=O)=O)ccc2c1. The molecular weight excluding hydrogens is 324 g/mol. The fourth-order valence-electron chi connectivity index (χ4n) is 2.25. The third-order valence-electron chi connectivity index (χ3n) is 3.45. The Labute approximate surface area is 130 Å². The monoisotopic (exact) mass is 342 g/mol. The lowest BCUT2D eigenvalue weighted by molar-refractivity contribution is 0.445. The number of fused-ring (bicyclic) bond motifs is 1.